The summed E-state index contributed by atoms with van der Waals surface area (Å²) in [6, 6.07) is 13.5. The molecule has 146 valence electrons. The molecule has 29 heavy (non-hydrogen) atoms. The quantitative estimate of drug-likeness (QED) is 0.303. The van der Waals surface area contributed by atoms with Crippen molar-refractivity contribution in [1.82, 2.24) is 4.68 Å². The van der Waals surface area contributed by atoms with Crippen LogP contribution in [0.4, 0.5) is 5.69 Å². The first kappa shape index (κ1) is 19.6. The Morgan fingerprint density at radius 1 is 1.17 bits per heavy atom. The molecule has 0 bridgehead atoms. The third-order valence-corrected chi connectivity index (χ3v) is 4.38. The van der Waals surface area contributed by atoms with E-state index >= 15 is 0 Å². The number of aromatic nitrogens is 1. The number of aryl methyl sites for hydroxylation is 3. The fraction of sp³-hybridized carbons (Fsp3) is 0.143. The summed E-state index contributed by atoms with van der Waals surface area (Å²) in [6.07, 6.45) is 1.30. The Labute approximate surface area is 166 Å². The second-order valence-electron chi connectivity index (χ2n) is 6.54. The van der Waals surface area contributed by atoms with Gasteiger partial charge in [0.05, 0.1) is 10.5 Å². The van der Waals surface area contributed by atoms with E-state index in [1.807, 2.05) is 32.0 Å². The summed E-state index contributed by atoms with van der Waals surface area (Å²) >= 11 is 0. The van der Waals surface area contributed by atoms with Gasteiger partial charge in [-0.3, -0.25) is 25.0 Å². The predicted octanol–water partition coefficient (Wildman–Crippen LogP) is 4.26. The molecular weight excluding hydrogens is 372 g/mol. The van der Waals surface area contributed by atoms with Crippen LogP contribution in [0.25, 0.3) is 17.4 Å². The molecule has 0 aliphatic carbocycles. The minimum Gasteiger partial charge on any atom is -0.456 e. The molecule has 0 saturated carbocycles. The number of carbonyl (C=O) groups is 1. The average molecular weight is 390 g/mol. The second kappa shape index (κ2) is 7.86. The normalized spacial score (nSPS) is 11.2. The lowest BCUT2D eigenvalue weighted by atomic mass is 10.1. The molecule has 0 radical (unpaired) electrons. The van der Waals surface area contributed by atoms with Gasteiger partial charge in [-0.2, -0.15) is 5.26 Å². The van der Waals surface area contributed by atoms with E-state index < -0.39 is 10.8 Å². The molecule has 1 amide bonds. The van der Waals surface area contributed by atoms with E-state index in [0.29, 0.717) is 5.56 Å². The van der Waals surface area contributed by atoms with Crippen LogP contribution in [0.2, 0.25) is 0 Å². The third-order valence-electron chi connectivity index (χ3n) is 4.38. The van der Waals surface area contributed by atoms with Crippen molar-refractivity contribution in [2.45, 2.75) is 20.8 Å². The maximum absolute atomic E-state index is 12.5. The van der Waals surface area contributed by atoms with Crippen LogP contribution in [0.3, 0.4) is 0 Å². The van der Waals surface area contributed by atoms with E-state index in [2.05, 4.69) is 5.43 Å². The second-order valence-corrected chi connectivity index (χ2v) is 6.54. The number of amides is 1. The van der Waals surface area contributed by atoms with Crippen LogP contribution in [-0.4, -0.2) is 15.5 Å². The first-order valence-electron chi connectivity index (χ1n) is 8.73. The zero-order chi connectivity index (χ0) is 21.1. The van der Waals surface area contributed by atoms with Gasteiger partial charge < -0.3 is 4.42 Å². The largest absolute Gasteiger partial charge is 0.456 e. The standard InChI is InChI=1S/C21H18N4O4/c1-13-4-8-18(19(10-13)25(27)28)20-9-7-17(29-20)11-16(12-22)21(26)23-24-14(2)5-6-15(24)3/h4-11H,1-3H3,(H,23,26)/b16-11-. The molecule has 2 heterocycles. The summed E-state index contributed by atoms with van der Waals surface area (Å²) in [6.45, 7) is 5.42. The molecule has 8 heteroatoms. The van der Waals surface area contributed by atoms with Crippen molar-refractivity contribution < 1.29 is 14.1 Å². The van der Waals surface area contributed by atoms with Gasteiger partial charge in [-0.15, -0.1) is 0 Å². The fourth-order valence-corrected chi connectivity index (χ4v) is 2.87. The van der Waals surface area contributed by atoms with Crippen LogP contribution in [0, 0.1) is 42.2 Å². The lowest BCUT2D eigenvalue weighted by Gasteiger charge is -2.10. The number of hydrogen-bond donors (Lipinski definition) is 1. The lowest BCUT2D eigenvalue weighted by Crippen LogP contribution is -2.25. The number of nitrogens with one attached hydrogen (secondary N) is 1. The highest BCUT2D eigenvalue weighted by molar-refractivity contribution is 6.06. The molecule has 0 atom stereocenters. The number of furan rings is 1. The Bertz CT molecular complexity index is 1160. The molecule has 1 N–H and O–H groups in total. The zero-order valence-electron chi connectivity index (χ0n) is 16.1. The average Bonchev–Trinajstić information content (AvgIpc) is 3.27. The van der Waals surface area contributed by atoms with Crippen molar-refractivity contribution in [3.05, 3.63) is 80.9 Å². The summed E-state index contributed by atoms with van der Waals surface area (Å²) in [5.74, 6) is -0.0746. The van der Waals surface area contributed by atoms with Crippen molar-refractivity contribution >= 4 is 17.7 Å². The van der Waals surface area contributed by atoms with Crippen LogP contribution in [0.15, 0.2) is 52.5 Å². The number of benzene rings is 1. The molecule has 0 spiro atoms. The summed E-state index contributed by atoms with van der Waals surface area (Å²) < 4.78 is 7.23. The highest BCUT2D eigenvalue weighted by Crippen LogP contribution is 2.32. The Morgan fingerprint density at radius 2 is 1.86 bits per heavy atom. The Balaban J connectivity index is 1.90. The van der Waals surface area contributed by atoms with Crippen LogP contribution >= 0.6 is 0 Å². The minimum atomic E-state index is -0.589. The number of carbonyl (C=O) groups excluding carboxylic acids is 1. The smallest absolute Gasteiger partial charge is 0.280 e. The van der Waals surface area contributed by atoms with Gasteiger partial charge in [0.15, 0.2) is 0 Å². The minimum absolute atomic E-state index is 0.0771. The topological polar surface area (TPSA) is 114 Å². The highest BCUT2D eigenvalue weighted by atomic mass is 16.6. The van der Waals surface area contributed by atoms with E-state index in [9.17, 15) is 20.2 Å². The van der Waals surface area contributed by atoms with Crippen molar-refractivity contribution in [3.8, 4) is 17.4 Å². The molecule has 3 aromatic rings. The summed E-state index contributed by atoms with van der Waals surface area (Å²) in [7, 11) is 0. The molecule has 2 aromatic heterocycles. The van der Waals surface area contributed by atoms with Gasteiger partial charge in [-0.1, -0.05) is 6.07 Å². The van der Waals surface area contributed by atoms with Crippen LogP contribution < -0.4 is 5.43 Å². The predicted molar refractivity (Wildman–Crippen MR) is 107 cm³/mol. The number of nitro groups is 1. The maximum atomic E-state index is 12.5. The molecule has 0 aliphatic heterocycles. The lowest BCUT2D eigenvalue weighted by molar-refractivity contribution is -0.384. The molecule has 0 saturated heterocycles. The molecule has 0 unspecified atom stereocenters. The van der Waals surface area contributed by atoms with Crippen molar-refractivity contribution in [3.63, 3.8) is 0 Å². The van der Waals surface area contributed by atoms with Crippen molar-refractivity contribution in [2.75, 3.05) is 5.43 Å². The van der Waals surface area contributed by atoms with Gasteiger partial charge in [0.25, 0.3) is 11.6 Å². The SMILES string of the molecule is Cc1ccc(-c2ccc(/C=C(/C#N)C(=O)Nn3c(C)ccc3C)o2)c([N+](=O)[O-])c1. The first-order chi connectivity index (χ1) is 13.8. The molecule has 8 nitrogen and oxygen atoms in total. The number of hydrogen-bond acceptors (Lipinski definition) is 5. The molecular formula is C21H18N4O4. The fourth-order valence-electron chi connectivity index (χ4n) is 2.87. The highest BCUT2D eigenvalue weighted by Gasteiger charge is 2.19. The van der Waals surface area contributed by atoms with Gasteiger partial charge in [0.2, 0.25) is 0 Å². The zero-order valence-corrected chi connectivity index (χ0v) is 16.1. The van der Waals surface area contributed by atoms with E-state index in [-0.39, 0.29) is 22.8 Å². The number of nitrogens with zero attached hydrogens (tertiary/aromatic N) is 3. The monoisotopic (exact) mass is 390 g/mol. The summed E-state index contributed by atoms with van der Waals surface area (Å²) in [4.78, 5) is 23.3. The van der Waals surface area contributed by atoms with Crippen LogP contribution in [0.1, 0.15) is 22.7 Å². The van der Waals surface area contributed by atoms with Crippen molar-refractivity contribution in [2.24, 2.45) is 0 Å². The van der Waals surface area contributed by atoms with Gasteiger partial charge in [0, 0.05) is 23.5 Å². The molecule has 0 fully saturated rings. The van der Waals surface area contributed by atoms with E-state index in [4.69, 9.17) is 4.42 Å². The summed E-state index contributed by atoms with van der Waals surface area (Å²) in [5.41, 5.74) is 5.14. The van der Waals surface area contributed by atoms with Gasteiger partial charge in [-0.05, 0) is 56.7 Å². The number of nitriles is 1. The van der Waals surface area contributed by atoms with E-state index in [1.165, 1.54) is 12.1 Å². The molecule has 1 aromatic carbocycles. The van der Waals surface area contributed by atoms with Gasteiger partial charge in [-0.25, -0.2) is 0 Å². The number of nitro benzene ring substituents is 1. The Hall–Kier alpha value is -4.12. The summed E-state index contributed by atoms with van der Waals surface area (Å²) in [5, 5.41) is 20.7. The van der Waals surface area contributed by atoms with E-state index in [0.717, 1.165) is 17.0 Å². The van der Waals surface area contributed by atoms with Crippen LogP contribution in [0.5, 0.6) is 0 Å². The van der Waals surface area contributed by atoms with Crippen molar-refractivity contribution in [1.29, 1.82) is 5.26 Å². The van der Waals surface area contributed by atoms with Gasteiger partial charge >= 0.3 is 0 Å². The Kier molecular flexibility index (Phi) is 5.32. The maximum Gasteiger partial charge on any atom is 0.280 e. The molecule has 3 rings (SSSR count). The van der Waals surface area contributed by atoms with Crippen LogP contribution in [-0.2, 0) is 4.79 Å². The van der Waals surface area contributed by atoms with Gasteiger partial charge in [0.1, 0.15) is 23.2 Å². The third kappa shape index (κ3) is 4.09. The first-order valence-corrected chi connectivity index (χ1v) is 8.73. The molecule has 0 aliphatic rings. The Morgan fingerprint density at radius 3 is 2.48 bits per heavy atom. The van der Waals surface area contributed by atoms with E-state index in [1.54, 1.807) is 35.9 Å². The number of rotatable bonds is 5.